The van der Waals surface area contributed by atoms with Crippen LogP contribution in [-0.2, 0) is 4.74 Å². The minimum atomic E-state index is 0.239. The molecule has 0 fully saturated rings. The van der Waals surface area contributed by atoms with Crippen LogP contribution in [0.3, 0.4) is 0 Å². The van der Waals surface area contributed by atoms with Gasteiger partial charge < -0.3 is 9.84 Å². The van der Waals surface area contributed by atoms with Crippen LogP contribution in [0.5, 0.6) is 0 Å². The van der Waals surface area contributed by atoms with Crippen LogP contribution in [0.2, 0.25) is 0 Å². The molecule has 0 amide bonds. The van der Waals surface area contributed by atoms with Gasteiger partial charge in [-0.05, 0) is 12.3 Å². The topological polar surface area (TPSA) is 29.5 Å². The zero-order chi connectivity index (χ0) is 8.53. The summed E-state index contributed by atoms with van der Waals surface area (Å²) in [6, 6.07) is 0. The van der Waals surface area contributed by atoms with Crippen LogP contribution in [0, 0.1) is 5.92 Å². The van der Waals surface area contributed by atoms with Crippen molar-refractivity contribution in [2.75, 3.05) is 19.8 Å². The van der Waals surface area contributed by atoms with Crippen molar-refractivity contribution in [1.82, 2.24) is 0 Å². The molecule has 1 N–H and O–H groups in total. The van der Waals surface area contributed by atoms with Gasteiger partial charge in [0, 0.05) is 19.8 Å². The van der Waals surface area contributed by atoms with Crippen LogP contribution in [-0.4, -0.2) is 24.9 Å². The van der Waals surface area contributed by atoms with Crippen LogP contribution in [0.1, 0.15) is 33.1 Å². The SMILES string of the molecule is CCC(CC)COCCCO. The van der Waals surface area contributed by atoms with Crippen LogP contribution in [0.4, 0.5) is 0 Å². The fourth-order valence-corrected chi connectivity index (χ4v) is 0.941. The number of ether oxygens (including phenoxy) is 1. The van der Waals surface area contributed by atoms with Crippen LogP contribution >= 0.6 is 0 Å². The third-order valence-corrected chi connectivity index (χ3v) is 1.96. The maximum absolute atomic E-state index is 8.47. The van der Waals surface area contributed by atoms with Gasteiger partial charge in [-0.2, -0.15) is 0 Å². The van der Waals surface area contributed by atoms with Gasteiger partial charge in [0.2, 0.25) is 0 Å². The molecule has 2 heteroatoms. The quantitative estimate of drug-likeness (QED) is 0.576. The Morgan fingerprint density at radius 3 is 2.36 bits per heavy atom. The van der Waals surface area contributed by atoms with Gasteiger partial charge in [0.05, 0.1) is 0 Å². The molecule has 0 rings (SSSR count). The molecule has 0 aliphatic rings. The Bertz CT molecular complexity index is 70.0. The second kappa shape index (κ2) is 8.02. The molecule has 0 aromatic rings. The number of hydrogen-bond donors (Lipinski definition) is 1. The highest BCUT2D eigenvalue weighted by atomic mass is 16.5. The first-order valence-corrected chi connectivity index (χ1v) is 4.53. The Kier molecular flexibility index (Phi) is 7.96. The van der Waals surface area contributed by atoms with E-state index in [4.69, 9.17) is 9.84 Å². The van der Waals surface area contributed by atoms with Crippen molar-refractivity contribution in [2.45, 2.75) is 33.1 Å². The molecule has 0 spiro atoms. The fraction of sp³-hybridized carbons (Fsp3) is 1.00. The molecular formula is C9H20O2. The highest BCUT2D eigenvalue weighted by Crippen LogP contribution is 2.07. The van der Waals surface area contributed by atoms with Crippen molar-refractivity contribution in [3.8, 4) is 0 Å². The van der Waals surface area contributed by atoms with Crippen LogP contribution in [0.15, 0.2) is 0 Å². The molecule has 0 saturated heterocycles. The molecule has 0 bridgehead atoms. The normalized spacial score (nSPS) is 10.9. The Morgan fingerprint density at radius 1 is 1.27 bits per heavy atom. The molecule has 68 valence electrons. The predicted octanol–water partition coefficient (Wildman–Crippen LogP) is 1.82. The molecule has 0 aliphatic heterocycles. The first-order chi connectivity index (χ1) is 5.35. The van der Waals surface area contributed by atoms with E-state index in [1.54, 1.807) is 0 Å². The number of aliphatic hydroxyl groups is 1. The summed E-state index contributed by atoms with van der Waals surface area (Å²) in [6.07, 6.45) is 3.14. The van der Waals surface area contributed by atoms with Crippen LogP contribution in [0.25, 0.3) is 0 Å². The maximum Gasteiger partial charge on any atom is 0.0494 e. The van der Waals surface area contributed by atoms with Crippen molar-refractivity contribution in [3.05, 3.63) is 0 Å². The third-order valence-electron chi connectivity index (χ3n) is 1.96. The summed E-state index contributed by atoms with van der Waals surface area (Å²) in [7, 11) is 0. The third kappa shape index (κ3) is 6.32. The molecule has 0 heterocycles. The molecule has 0 aromatic heterocycles. The lowest BCUT2D eigenvalue weighted by atomic mass is 10.1. The van der Waals surface area contributed by atoms with Crippen molar-refractivity contribution in [2.24, 2.45) is 5.92 Å². The van der Waals surface area contributed by atoms with Crippen molar-refractivity contribution >= 4 is 0 Å². The van der Waals surface area contributed by atoms with Gasteiger partial charge in [0.1, 0.15) is 0 Å². The van der Waals surface area contributed by atoms with Crippen molar-refractivity contribution in [3.63, 3.8) is 0 Å². The lowest BCUT2D eigenvalue weighted by Gasteiger charge is -2.11. The van der Waals surface area contributed by atoms with Gasteiger partial charge in [0.25, 0.3) is 0 Å². The van der Waals surface area contributed by atoms with E-state index in [0.717, 1.165) is 13.0 Å². The van der Waals surface area contributed by atoms with E-state index in [2.05, 4.69) is 13.8 Å². The Morgan fingerprint density at radius 2 is 1.91 bits per heavy atom. The van der Waals surface area contributed by atoms with Gasteiger partial charge in [-0.1, -0.05) is 26.7 Å². The molecule has 2 nitrogen and oxygen atoms in total. The lowest BCUT2D eigenvalue weighted by molar-refractivity contribution is 0.0842. The molecule has 0 aromatic carbocycles. The Balaban J connectivity index is 3.07. The first kappa shape index (κ1) is 10.9. The maximum atomic E-state index is 8.47. The second-order valence-electron chi connectivity index (χ2n) is 2.83. The summed E-state index contributed by atoms with van der Waals surface area (Å²) in [5.41, 5.74) is 0. The Labute approximate surface area is 69.6 Å². The van der Waals surface area contributed by atoms with E-state index in [1.165, 1.54) is 12.8 Å². The first-order valence-electron chi connectivity index (χ1n) is 4.53. The Hall–Kier alpha value is -0.0800. The summed E-state index contributed by atoms with van der Waals surface area (Å²) >= 11 is 0. The smallest absolute Gasteiger partial charge is 0.0494 e. The average molecular weight is 160 g/mol. The van der Waals surface area contributed by atoms with Gasteiger partial charge in [0.15, 0.2) is 0 Å². The minimum absolute atomic E-state index is 0.239. The van der Waals surface area contributed by atoms with E-state index in [9.17, 15) is 0 Å². The largest absolute Gasteiger partial charge is 0.396 e. The predicted molar refractivity (Wildman–Crippen MR) is 46.6 cm³/mol. The summed E-state index contributed by atoms with van der Waals surface area (Å²) < 4.78 is 5.36. The zero-order valence-electron chi connectivity index (χ0n) is 7.68. The van der Waals surface area contributed by atoms with E-state index in [1.807, 2.05) is 0 Å². The van der Waals surface area contributed by atoms with Gasteiger partial charge in [-0.25, -0.2) is 0 Å². The van der Waals surface area contributed by atoms with Crippen LogP contribution < -0.4 is 0 Å². The van der Waals surface area contributed by atoms with E-state index in [-0.39, 0.29) is 6.61 Å². The average Bonchev–Trinajstić information content (AvgIpc) is 2.05. The summed E-state index contributed by atoms with van der Waals surface area (Å²) in [6.45, 7) is 6.16. The molecule has 0 aliphatic carbocycles. The highest BCUT2D eigenvalue weighted by molar-refractivity contribution is 4.51. The number of rotatable bonds is 7. The summed E-state index contributed by atoms with van der Waals surface area (Å²) in [5.74, 6) is 0.702. The fourth-order valence-electron chi connectivity index (χ4n) is 0.941. The zero-order valence-corrected chi connectivity index (χ0v) is 7.68. The number of aliphatic hydroxyl groups excluding tert-OH is 1. The molecule has 0 radical (unpaired) electrons. The minimum Gasteiger partial charge on any atom is -0.396 e. The molecule has 0 saturated carbocycles. The molecule has 11 heavy (non-hydrogen) atoms. The summed E-state index contributed by atoms with van der Waals surface area (Å²) in [5, 5.41) is 8.47. The standard InChI is InChI=1S/C9H20O2/c1-3-9(4-2)8-11-7-5-6-10/h9-10H,3-8H2,1-2H3. The van der Waals surface area contributed by atoms with Gasteiger partial charge >= 0.3 is 0 Å². The monoisotopic (exact) mass is 160 g/mol. The van der Waals surface area contributed by atoms with E-state index >= 15 is 0 Å². The number of hydrogen-bond acceptors (Lipinski definition) is 2. The summed E-state index contributed by atoms with van der Waals surface area (Å²) in [4.78, 5) is 0. The molecule has 0 atom stereocenters. The van der Waals surface area contributed by atoms with Gasteiger partial charge in [-0.15, -0.1) is 0 Å². The molecular weight excluding hydrogens is 140 g/mol. The molecule has 0 unspecified atom stereocenters. The van der Waals surface area contributed by atoms with Gasteiger partial charge in [-0.3, -0.25) is 0 Å². The van der Waals surface area contributed by atoms with Crippen molar-refractivity contribution in [1.29, 1.82) is 0 Å². The van der Waals surface area contributed by atoms with E-state index in [0.29, 0.717) is 12.5 Å². The highest BCUT2D eigenvalue weighted by Gasteiger charge is 2.01. The lowest BCUT2D eigenvalue weighted by Crippen LogP contribution is -2.08. The second-order valence-corrected chi connectivity index (χ2v) is 2.83. The van der Waals surface area contributed by atoms with E-state index < -0.39 is 0 Å². The van der Waals surface area contributed by atoms with Crippen molar-refractivity contribution < 1.29 is 9.84 Å².